The number of benzene rings is 2. The molecule has 2 amide bonds. The van der Waals surface area contributed by atoms with Crippen molar-refractivity contribution in [2.45, 2.75) is 52.0 Å². The standard InChI is InChI=1S/C25H28ClN3O3/c1-16(2)29-25(31)28(19-11-9-17(15-30)10-12-19)22-14-21(26)23(32-3)13-20(22)24(27-29)18-7-5-4-6-8-18/h9-16,18H,4-8H2,1-3H3. The molecule has 4 rings (SSSR count). The Balaban J connectivity index is 1.95. The summed E-state index contributed by atoms with van der Waals surface area (Å²) in [7, 11) is 1.59. The van der Waals surface area contributed by atoms with Crippen molar-refractivity contribution < 1.29 is 14.3 Å². The van der Waals surface area contributed by atoms with Crippen LogP contribution in [-0.4, -0.2) is 36.2 Å². The van der Waals surface area contributed by atoms with Crippen LogP contribution in [-0.2, 0) is 0 Å². The maximum Gasteiger partial charge on any atom is 0.349 e. The number of rotatable bonds is 5. The Kier molecular flexibility index (Phi) is 6.51. The second kappa shape index (κ2) is 9.33. The minimum Gasteiger partial charge on any atom is -0.495 e. The lowest BCUT2D eigenvalue weighted by atomic mass is 9.82. The van der Waals surface area contributed by atoms with Crippen molar-refractivity contribution in [2.24, 2.45) is 11.0 Å². The molecule has 32 heavy (non-hydrogen) atoms. The van der Waals surface area contributed by atoms with Crippen LogP contribution in [0.1, 0.15) is 61.9 Å². The van der Waals surface area contributed by atoms with Gasteiger partial charge in [-0.3, -0.25) is 9.69 Å². The molecule has 2 aliphatic rings. The first-order valence-electron chi connectivity index (χ1n) is 11.1. The molecule has 2 aromatic rings. The Morgan fingerprint density at radius 1 is 1.12 bits per heavy atom. The van der Waals surface area contributed by atoms with Gasteiger partial charge in [-0.25, -0.2) is 9.80 Å². The topological polar surface area (TPSA) is 62.2 Å². The molecule has 0 bridgehead atoms. The summed E-state index contributed by atoms with van der Waals surface area (Å²) < 4.78 is 5.52. The zero-order chi connectivity index (χ0) is 22.8. The number of nitrogens with zero attached hydrogens (tertiary/aromatic N) is 3. The fourth-order valence-electron chi connectivity index (χ4n) is 4.47. The van der Waals surface area contributed by atoms with Gasteiger partial charge in [-0.2, -0.15) is 5.10 Å². The predicted molar refractivity (Wildman–Crippen MR) is 127 cm³/mol. The van der Waals surface area contributed by atoms with E-state index in [0.717, 1.165) is 43.2 Å². The van der Waals surface area contributed by atoms with Gasteiger partial charge in [0.15, 0.2) is 0 Å². The Hall–Kier alpha value is -2.86. The van der Waals surface area contributed by atoms with E-state index in [1.54, 1.807) is 47.4 Å². The van der Waals surface area contributed by atoms with E-state index in [2.05, 4.69) is 0 Å². The lowest BCUT2D eigenvalue weighted by molar-refractivity contribution is 0.112. The molecule has 168 valence electrons. The summed E-state index contributed by atoms with van der Waals surface area (Å²) in [6, 6.07) is 10.2. The molecule has 1 aliphatic carbocycles. The first kappa shape index (κ1) is 22.3. The highest BCUT2D eigenvalue weighted by atomic mass is 35.5. The summed E-state index contributed by atoms with van der Waals surface area (Å²) in [4.78, 5) is 26.6. The normalized spacial score (nSPS) is 17.2. The number of hydrogen-bond donors (Lipinski definition) is 0. The van der Waals surface area contributed by atoms with E-state index in [1.165, 1.54) is 6.42 Å². The SMILES string of the molecule is COc1cc2c(cc1Cl)N(c1ccc(C=O)cc1)C(=O)N(C(C)C)N=C2C1CCCCC1. The number of hydrogen-bond acceptors (Lipinski definition) is 4. The molecular weight excluding hydrogens is 426 g/mol. The first-order chi connectivity index (χ1) is 15.4. The molecule has 0 atom stereocenters. The summed E-state index contributed by atoms with van der Waals surface area (Å²) >= 11 is 6.53. The van der Waals surface area contributed by atoms with Gasteiger partial charge < -0.3 is 4.74 Å². The fraction of sp³-hybridized carbons (Fsp3) is 0.400. The quantitative estimate of drug-likeness (QED) is 0.490. The van der Waals surface area contributed by atoms with Gasteiger partial charge in [-0.05, 0) is 63.1 Å². The van der Waals surface area contributed by atoms with Gasteiger partial charge in [-0.1, -0.05) is 30.9 Å². The molecule has 0 N–H and O–H groups in total. The van der Waals surface area contributed by atoms with Crippen LogP contribution in [0.2, 0.25) is 5.02 Å². The zero-order valence-corrected chi connectivity index (χ0v) is 19.4. The number of carbonyl (C=O) groups excluding carboxylic acids is 2. The molecular formula is C25H28ClN3O3. The van der Waals surface area contributed by atoms with E-state index in [0.29, 0.717) is 27.7 Å². The van der Waals surface area contributed by atoms with Gasteiger partial charge in [-0.15, -0.1) is 0 Å². The average Bonchev–Trinajstić information content (AvgIpc) is 2.93. The number of hydrazone groups is 1. The van der Waals surface area contributed by atoms with Crippen LogP contribution in [0.3, 0.4) is 0 Å². The molecule has 0 aromatic heterocycles. The number of fused-ring (bicyclic) bond motifs is 1. The van der Waals surface area contributed by atoms with Gasteiger partial charge >= 0.3 is 6.03 Å². The summed E-state index contributed by atoms with van der Waals surface area (Å²) in [6.45, 7) is 3.91. The average molecular weight is 454 g/mol. The summed E-state index contributed by atoms with van der Waals surface area (Å²) in [5, 5.41) is 6.92. The van der Waals surface area contributed by atoms with Gasteiger partial charge in [0.25, 0.3) is 0 Å². The van der Waals surface area contributed by atoms with Crippen molar-refractivity contribution >= 4 is 41.0 Å². The second-order valence-electron chi connectivity index (χ2n) is 8.59. The van der Waals surface area contributed by atoms with Crippen molar-refractivity contribution in [3.63, 3.8) is 0 Å². The molecule has 1 fully saturated rings. The van der Waals surface area contributed by atoms with Crippen molar-refractivity contribution in [1.29, 1.82) is 0 Å². The van der Waals surface area contributed by atoms with Gasteiger partial charge in [0.2, 0.25) is 0 Å². The summed E-state index contributed by atoms with van der Waals surface area (Å²) in [6.07, 6.45) is 6.39. The number of halogens is 1. The number of amides is 2. The maximum atomic E-state index is 13.8. The number of ether oxygens (including phenoxy) is 1. The molecule has 0 saturated heterocycles. The molecule has 0 unspecified atom stereocenters. The third kappa shape index (κ3) is 4.11. The lowest BCUT2D eigenvalue weighted by Crippen LogP contribution is -2.41. The van der Waals surface area contributed by atoms with E-state index >= 15 is 0 Å². The third-order valence-electron chi connectivity index (χ3n) is 6.16. The molecule has 1 saturated carbocycles. The second-order valence-corrected chi connectivity index (χ2v) is 9.00. The van der Waals surface area contributed by atoms with Crippen LogP contribution in [0.4, 0.5) is 16.2 Å². The van der Waals surface area contributed by atoms with Gasteiger partial charge in [0.1, 0.15) is 12.0 Å². The largest absolute Gasteiger partial charge is 0.495 e. The van der Waals surface area contributed by atoms with Crippen LogP contribution >= 0.6 is 11.6 Å². The molecule has 1 heterocycles. The number of anilines is 2. The monoisotopic (exact) mass is 453 g/mol. The number of urea groups is 1. The van der Waals surface area contributed by atoms with Gasteiger partial charge in [0, 0.05) is 17.0 Å². The molecule has 7 heteroatoms. The Bertz CT molecular complexity index is 1040. The minimum absolute atomic E-state index is 0.135. The Morgan fingerprint density at radius 2 is 1.81 bits per heavy atom. The van der Waals surface area contributed by atoms with Crippen LogP contribution in [0.25, 0.3) is 0 Å². The van der Waals surface area contributed by atoms with Crippen LogP contribution in [0.5, 0.6) is 5.75 Å². The van der Waals surface area contributed by atoms with Crippen LogP contribution in [0, 0.1) is 5.92 Å². The van der Waals surface area contributed by atoms with E-state index in [1.807, 2.05) is 19.9 Å². The smallest absolute Gasteiger partial charge is 0.349 e. The van der Waals surface area contributed by atoms with Crippen molar-refractivity contribution in [1.82, 2.24) is 5.01 Å². The maximum absolute atomic E-state index is 13.8. The number of carbonyl (C=O) groups is 2. The molecule has 1 aliphatic heterocycles. The van der Waals surface area contributed by atoms with Gasteiger partial charge in [0.05, 0.1) is 35.3 Å². The number of methoxy groups -OCH3 is 1. The van der Waals surface area contributed by atoms with E-state index in [9.17, 15) is 9.59 Å². The minimum atomic E-state index is -0.257. The molecule has 2 aromatic carbocycles. The highest BCUT2D eigenvalue weighted by molar-refractivity contribution is 6.33. The van der Waals surface area contributed by atoms with E-state index < -0.39 is 0 Å². The summed E-state index contributed by atoms with van der Waals surface area (Å²) in [5.74, 6) is 0.815. The predicted octanol–water partition coefficient (Wildman–Crippen LogP) is 6.43. The fourth-order valence-corrected chi connectivity index (χ4v) is 4.71. The lowest BCUT2D eigenvalue weighted by Gasteiger charge is -2.28. The zero-order valence-electron chi connectivity index (χ0n) is 18.7. The first-order valence-corrected chi connectivity index (χ1v) is 11.5. The molecule has 0 radical (unpaired) electrons. The Morgan fingerprint density at radius 3 is 2.41 bits per heavy atom. The highest BCUT2D eigenvalue weighted by Crippen LogP contribution is 2.42. The molecule has 0 spiro atoms. The van der Waals surface area contributed by atoms with Crippen LogP contribution < -0.4 is 9.64 Å². The number of aldehydes is 1. The van der Waals surface area contributed by atoms with E-state index in [4.69, 9.17) is 21.4 Å². The van der Waals surface area contributed by atoms with Crippen molar-refractivity contribution in [3.05, 3.63) is 52.5 Å². The van der Waals surface area contributed by atoms with Crippen molar-refractivity contribution in [3.8, 4) is 5.75 Å². The highest BCUT2D eigenvalue weighted by Gasteiger charge is 2.36. The Labute approximate surface area is 193 Å². The molecule has 6 nitrogen and oxygen atoms in total. The third-order valence-corrected chi connectivity index (χ3v) is 6.45. The van der Waals surface area contributed by atoms with Crippen LogP contribution in [0.15, 0.2) is 41.5 Å². The van der Waals surface area contributed by atoms with Crippen molar-refractivity contribution in [2.75, 3.05) is 12.0 Å². The summed E-state index contributed by atoms with van der Waals surface area (Å²) in [5.41, 5.74) is 3.63. The van der Waals surface area contributed by atoms with E-state index in [-0.39, 0.29) is 18.0 Å².